The first-order valence-corrected chi connectivity index (χ1v) is 7.87. The van der Waals surface area contributed by atoms with Crippen LogP contribution in [-0.2, 0) is 9.59 Å². The van der Waals surface area contributed by atoms with Crippen LogP contribution in [0.5, 0.6) is 0 Å². The van der Waals surface area contributed by atoms with Crippen molar-refractivity contribution in [3.63, 3.8) is 0 Å². The molecule has 5 rings (SSSR count). The molecule has 1 aliphatic heterocycles. The van der Waals surface area contributed by atoms with Crippen LogP contribution < -0.4 is 4.90 Å². The number of nitro benzene ring substituents is 1. The second kappa shape index (κ2) is 4.89. The van der Waals surface area contributed by atoms with Crippen molar-refractivity contribution >= 4 is 34.8 Å². The van der Waals surface area contributed by atoms with Gasteiger partial charge >= 0.3 is 0 Å². The SMILES string of the molecule is O=C1[C@H]2[C@H](C(=O)N1c1ccc(Cl)cc1[N+](=O)[O-])[C@@H]1C=C[C@@H]2CC1. The van der Waals surface area contributed by atoms with Gasteiger partial charge in [0, 0.05) is 11.1 Å². The van der Waals surface area contributed by atoms with Gasteiger partial charge in [-0.3, -0.25) is 19.7 Å². The van der Waals surface area contributed by atoms with Gasteiger partial charge in [-0.05, 0) is 36.8 Å². The molecule has 1 heterocycles. The Bertz CT molecular complexity index is 743. The standard InChI is InChI=1S/C16H13ClN2O4/c17-10-5-6-11(12(7-10)19(22)23)18-15(20)13-8-1-2-9(4-3-8)14(13)16(18)21/h1-2,5-9,13-14H,3-4H2/t8-,9-,13-,14-/m1/s1. The summed E-state index contributed by atoms with van der Waals surface area (Å²) in [5.41, 5.74) is -0.304. The fraction of sp³-hybridized carbons (Fsp3) is 0.375. The molecule has 6 nitrogen and oxygen atoms in total. The van der Waals surface area contributed by atoms with E-state index in [9.17, 15) is 19.7 Å². The van der Waals surface area contributed by atoms with E-state index in [1.165, 1.54) is 18.2 Å². The minimum atomic E-state index is -0.614. The zero-order valence-electron chi connectivity index (χ0n) is 12.0. The largest absolute Gasteiger partial charge is 0.294 e. The number of benzene rings is 1. The molecule has 3 aliphatic carbocycles. The number of carbonyl (C=O) groups is 2. The predicted octanol–water partition coefficient (Wildman–Crippen LogP) is 2.95. The van der Waals surface area contributed by atoms with Gasteiger partial charge in [0.15, 0.2) is 0 Å². The first kappa shape index (κ1) is 14.4. The number of hydrogen-bond donors (Lipinski definition) is 0. The van der Waals surface area contributed by atoms with Crippen molar-refractivity contribution in [1.82, 2.24) is 0 Å². The highest BCUT2D eigenvalue weighted by Gasteiger charge is 2.57. The zero-order chi connectivity index (χ0) is 16.3. The monoisotopic (exact) mass is 332 g/mol. The third-order valence-electron chi connectivity index (χ3n) is 5.13. The lowest BCUT2D eigenvalue weighted by Gasteiger charge is -2.38. The summed E-state index contributed by atoms with van der Waals surface area (Å²) in [5.74, 6) is -1.33. The van der Waals surface area contributed by atoms with E-state index in [0.29, 0.717) is 0 Å². The molecule has 2 bridgehead atoms. The molecule has 1 aromatic carbocycles. The minimum Gasteiger partial charge on any atom is -0.274 e. The molecule has 7 heteroatoms. The molecule has 4 aliphatic rings. The number of amides is 2. The van der Waals surface area contributed by atoms with Crippen LogP contribution >= 0.6 is 11.6 Å². The Morgan fingerprint density at radius 3 is 2.13 bits per heavy atom. The van der Waals surface area contributed by atoms with Gasteiger partial charge < -0.3 is 0 Å². The van der Waals surface area contributed by atoms with Crippen molar-refractivity contribution in [2.24, 2.45) is 23.7 Å². The van der Waals surface area contributed by atoms with E-state index in [1.54, 1.807) is 0 Å². The molecule has 1 aromatic rings. The summed E-state index contributed by atoms with van der Waals surface area (Å²) in [6.07, 6.45) is 5.80. The van der Waals surface area contributed by atoms with Crippen molar-refractivity contribution in [3.05, 3.63) is 45.5 Å². The number of allylic oxidation sites excluding steroid dienone is 2. The van der Waals surface area contributed by atoms with Crippen LogP contribution in [0.2, 0.25) is 5.02 Å². The lowest BCUT2D eigenvalue weighted by molar-refractivity contribution is -0.384. The molecule has 0 unspecified atom stereocenters. The van der Waals surface area contributed by atoms with E-state index in [0.717, 1.165) is 17.7 Å². The Labute approximate surface area is 136 Å². The van der Waals surface area contributed by atoms with E-state index in [4.69, 9.17) is 11.6 Å². The van der Waals surface area contributed by atoms with Gasteiger partial charge in [0.05, 0.1) is 16.8 Å². The number of carbonyl (C=O) groups excluding carboxylic acids is 2. The zero-order valence-corrected chi connectivity index (χ0v) is 12.8. The van der Waals surface area contributed by atoms with E-state index in [1.807, 2.05) is 12.2 Å². The van der Waals surface area contributed by atoms with Gasteiger partial charge in [0.2, 0.25) is 11.8 Å². The third kappa shape index (κ3) is 1.94. The maximum absolute atomic E-state index is 12.8. The number of anilines is 1. The lowest BCUT2D eigenvalue weighted by Crippen LogP contribution is -2.38. The van der Waals surface area contributed by atoms with Crippen LogP contribution in [0.3, 0.4) is 0 Å². The molecule has 1 saturated carbocycles. The Hall–Kier alpha value is -2.21. The van der Waals surface area contributed by atoms with Gasteiger partial charge in [-0.2, -0.15) is 0 Å². The van der Waals surface area contributed by atoms with Gasteiger partial charge in [-0.15, -0.1) is 0 Å². The highest BCUT2D eigenvalue weighted by Crippen LogP contribution is 2.51. The van der Waals surface area contributed by atoms with E-state index >= 15 is 0 Å². The summed E-state index contributed by atoms with van der Waals surface area (Å²) in [4.78, 5) is 37.3. The second-order valence-electron chi connectivity index (χ2n) is 6.24. The Balaban J connectivity index is 1.81. The fourth-order valence-electron chi connectivity index (χ4n) is 4.14. The van der Waals surface area contributed by atoms with Crippen LogP contribution in [0.4, 0.5) is 11.4 Å². The molecular weight excluding hydrogens is 320 g/mol. The quantitative estimate of drug-likeness (QED) is 0.361. The highest BCUT2D eigenvalue weighted by atomic mass is 35.5. The van der Waals surface area contributed by atoms with Gasteiger partial charge in [0.25, 0.3) is 5.69 Å². The molecule has 1 saturated heterocycles. The van der Waals surface area contributed by atoms with E-state index < -0.39 is 4.92 Å². The lowest BCUT2D eigenvalue weighted by atomic mass is 9.63. The average molecular weight is 333 g/mol. The number of halogens is 1. The topological polar surface area (TPSA) is 80.5 Å². The first-order chi connectivity index (χ1) is 11.0. The van der Waals surface area contributed by atoms with Crippen LogP contribution in [0, 0.1) is 33.8 Å². The van der Waals surface area contributed by atoms with E-state index in [2.05, 4.69) is 0 Å². The van der Waals surface area contributed by atoms with Gasteiger partial charge in [-0.1, -0.05) is 23.8 Å². The molecule has 0 radical (unpaired) electrons. The molecule has 0 N–H and O–H groups in total. The summed E-state index contributed by atoms with van der Waals surface area (Å²) < 4.78 is 0. The van der Waals surface area contributed by atoms with Crippen molar-refractivity contribution < 1.29 is 14.5 Å². The average Bonchev–Trinajstić information content (AvgIpc) is 2.82. The third-order valence-corrected chi connectivity index (χ3v) is 5.37. The number of nitro groups is 1. The van der Waals surface area contributed by atoms with Crippen molar-refractivity contribution in [2.45, 2.75) is 12.8 Å². The molecule has 4 atom stereocenters. The summed E-state index contributed by atoms with van der Waals surface area (Å²) in [6, 6.07) is 4.01. The van der Waals surface area contributed by atoms with Gasteiger partial charge in [0.1, 0.15) is 5.69 Å². The van der Waals surface area contributed by atoms with Crippen molar-refractivity contribution in [2.75, 3.05) is 4.90 Å². The summed E-state index contributed by atoms with van der Waals surface area (Å²) in [5, 5.41) is 11.5. The number of fused-ring (bicyclic) bond motifs is 1. The summed E-state index contributed by atoms with van der Waals surface area (Å²) in [6.45, 7) is 0. The Kier molecular flexibility index (Phi) is 3.06. The van der Waals surface area contributed by atoms with Crippen LogP contribution in [-0.4, -0.2) is 16.7 Å². The molecule has 0 spiro atoms. The minimum absolute atomic E-state index is 0.0169. The molecular formula is C16H13ClN2O4. The van der Waals surface area contributed by atoms with Crippen LogP contribution in [0.15, 0.2) is 30.4 Å². The predicted molar refractivity (Wildman–Crippen MR) is 82.9 cm³/mol. The summed E-state index contributed by atoms with van der Waals surface area (Å²) >= 11 is 5.82. The first-order valence-electron chi connectivity index (χ1n) is 7.49. The number of nitrogens with zero attached hydrogens (tertiary/aromatic N) is 2. The Morgan fingerprint density at radius 1 is 1.09 bits per heavy atom. The maximum Gasteiger partial charge on any atom is 0.294 e. The fourth-order valence-corrected chi connectivity index (χ4v) is 4.31. The normalized spacial score (nSPS) is 31.6. The van der Waals surface area contributed by atoms with E-state index in [-0.39, 0.29) is 51.9 Å². The Morgan fingerprint density at radius 2 is 1.65 bits per heavy atom. The molecule has 0 aromatic heterocycles. The number of hydrogen-bond acceptors (Lipinski definition) is 4. The molecule has 2 amide bonds. The number of imide groups is 1. The van der Waals surface area contributed by atoms with Crippen LogP contribution in [0.1, 0.15) is 12.8 Å². The molecule has 118 valence electrons. The van der Waals surface area contributed by atoms with Crippen molar-refractivity contribution in [3.8, 4) is 0 Å². The molecule has 2 fully saturated rings. The smallest absolute Gasteiger partial charge is 0.274 e. The number of rotatable bonds is 2. The second-order valence-corrected chi connectivity index (χ2v) is 6.68. The van der Waals surface area contributed by atoms with Crippen LogP contribution in [0.25, 0.3) is 0 Å². The maximum atomic E-state index is 12.8. The summed E-state index contributed by atoms with van der Waals surface area (Å²) in [7, 11) is 0. The van der Waals surface area contributed by atoms with Crippen molar-refractivity contribution in [1.29, 1.82) is 0 Å². The highest BCUT2D eigenvalue weighted by molar-refractivity contribution is 6.31. The van der Waals surface area contributed by atoms with Gasteiger partial charge in [-0.25, -0.2) is 4.90 Å². The molecule has 23 heavy (non-hydrogen) atoms.